The van der Waals surface area contributed by atoms with Crippen molar-refractivity contribution < 1.29 is 0 Å². The second-order valence-electron chi connectivity index (χ2n) is 3.45. The summed E-state index contributed by atoms with van der Waals surface area (Å²) in [4.78, 5) is 1.31. The van der Waals surface area contributed by atoms with E-state index < -0.39 is 0 Å². The normalized spacial score (nSPS) is 9.35. The Morgan fingerprint density at radius 3 is 2.65 bits per heavy atom. The molecule has 0 atom stereocenters. The average molecular weight is 265 g/mol. The first-order chi connectivity index (χ1) is 7.90. The number of nitriles is 1. The van der Waals surface area contributed by atoms with Crippen molar-refractivity contribution in [3.63, 3.8) is 0 Å². The number of hydrogen-bond acceptors (Lipinski definition) is 3. The summed E-state index contributed by atoms with van der Waals surface area (Å²) in [5.41, 5.74) is 1.81. The summed E-state index contributed by atoms with van der Waals surface area (Å²) in [5.74, 6) is 0. The van der Waals surface area contributed by atoms with Gasteiger partial charge in [0, 0.05) is 18.0 Å². The second-order valence-corrected chi connectivity index (χ2v) is 4.48. The van der Waals surface area contributed by atoms with E-state index in [9.17, 15) is 0 Å². The van der Waals surface area contributed by atoms with E-state index in [1.807, 2.05) is 30.3 Å². The van der Waals surface area contributed by atoms with Gasteiger partial charge in [-0.05, 0) is 23.1 Å². The zero-order valence-electron chi connectivity index (χ0n) is 9.22. The topological polar surface area (TPSA) is 35.8 Å². The molecule has 4 heteroatoms. The van der Waals surface area contributed by atoms with Crippen LogP contribution < -0.4 is 5.32 Å². The largest absolute Gasteiger partial charge is 0.308 e. The Morgan fingerprint density at radius 1 is 1.12 bits per heavy atom. The van der Waals surface area contributed by atoms with Crippen LogP contribution in [-0.4, -0.2) is 0 Å². The molecule has 0 radical (unpaired) electrons. The molecule has 1 aromatic carbocycles. The maximum atomic E-state index is 8.93. The van der Waals surface area contributed by atoms with Crippen LogP contribution in [0.2, 0.25) is 0 Å². The number of benzene rings is 1. The molecule has 0 aliphatic rings. The van der Waals surface area contributed by atoms with Gasteiger partial charge < -0.3 is 5.32 Å². The van der Waals surface area contributed by atoms with Crippen LogP contribution in [0, 0.1) is 11.3 Å². The quantitative estimate of drug-likeness (QED) is 0.919. The molecule has 88 valence electrons. The zero-order chi connectivity index (χ0) is 11.2. The van der Waals surface area contributed by atoms with Gasteiger partial charge in [-0.3, -0.25) is 0 Å². The van der Waals surface area contributed by atoms with Gasteiger partial charge in [0.25, 0.3) is 0 Å². The summed E-state index contributed by atoms with van der Waals surface area (Å²) >= 11 is 1.74. The van der Waals surface area contributed by atoms with E-state index in [4.69, 9.17) is 5.26 Å². The van der Waals surface area contributed by atoms with E-state index in [1.54, 1.807) is 11.3 Å². The van der Waals surface area contributed by atoms with Crippen molar-refractivity contribution in [2.24, 2.45) is 0 Å². The van der Waals surface area contributed by atoms with E-state index in [0.717, 1.165) is 24.2 Å². The van der Waals surface area contributed by atoms with Crippen LogP contribution >= 0.6 is 23.7 Å². The second kappa shape index (κ2) is 7.08. The van der Waals surface area contributed by atoms with E-state index in [1.165, 1.54) is 4.88 Å². The van der Waals surface area contributed by atoms with Crippen LogP contribution in [0.3, 0.4) is 0 Å². The van der Waals surface area contributed by atoms with Crippen LogP contribution in [0.25, 0.3) is 0 Å². The van der Waals surface area contributed by atoms with Crippen molar-refractivity contribution in [1.82, 2.24) is 5.32 Å². The molecule has 0 amide bonds. The van der Waals surface area contributed by atoms with Crippen molar-refractivity contribution in [3.05, 3.63) is 57.8 Å². The Kier molecular flexibility index (Phi) is 5.71. The maximum Gasteiger partial charge on any atom is 0.0995 e. The molecule has 0 unspecified atom stereocenters. The van der Waals surface area contributed by atoms with Crippen molar-refractivity contribution in [2.45, 2.75) is 13.1 Å². The third kappa shape index (κ3) is 3.86. The maximum absolute atomic E-state index is 8.93. The number of halogens is 1. The summed E-state index contributed by atoms with van der Waals surface area (Å²) in [5, 5.41) is 14.3. The number of nitrogens with zero attached hydrogens (tertiary/aromatic N) is 1. The van der Waals surface area contributed by atoms with Crippen LogP contribution in [-0.2, 0) is 13.1 Å². The van der Waals surface area contributed by atoms with Crippen LogP contribution in [0.15, 0.2) is 41.8 Å². The molecule has 0 aliphatic heterocycles. The zero-order valence-corrected chi connectivity index (χ0v) is 10.9. The Labute approximate surface area is 111 Å². The molecule has 0 fully saturated rings. The summed E-state index contributed by atoms with van der Waals surface area (Å²) < 4.78 is 0. The predicted octanol–water partition coefficient (Wildman–Crippen LogP) is 3.33. The Morgan fingerprint density at radius 2 is 1.94 bits per heavy atom. The molecule has 1 aromatic heterocycles. The van der Waals surface area contributed by atoms with Gasteiger partial charge in [-0.1, -0.05) is 24.3 Å². The average Bonchev–Trinajstić information content (AvgIpc) is 2.83. The van der Waals surface area contributed by atoms with Gasteiger partial charge in [-0.25, -0.2) is 0 Å². The molecule has 0 aliphatic carbocycles. The monoisotopic (exact) mass is 264 g/mol. The third-order valence-electron chi connectivity index (χ3n) is 2.33. The minimum atomic E-state index is 0. The van der Waals surface area contributed by atoms with Gasteiger partial charge >= 0.3 is 0 Å². The fourth-order valence-electron chi connectivity index (χ4n) is 1.52. The molecule has 2 aromatic rings. The van der Waals surface area contributed by atoms with Crippen molar-refractivity contribution in [1.29, 1.82) is 5.26 Å². The molecule has 0 spiro atoms. The lowest BCUT2D eigenvalue weighted by Crippen LogP contribution is -2.12. The highest BCUT2D eigenvalue weighted by Crippen LogP contribution is 2.10. The van der Waals surface area contributed by atoms with Gasteiger partial charge in [0.05, 0.1) is 11.6 Å². The molecule has 1 N–H and O–H groups in total. The first kappa shape index (κ1) is 13.7. The highest BCUT2D eigenvalue weighted by atomic mass is 35.5. The molecule has 0 bridgehead atoms. The number of thiophene rings is 1. The molecule has 2 nitrogen and oxygen atoms in total. The van der Waals surface area contributed by atoms with E-state index >= 15 is 0 Å². The Balaban J connectivity index is 0.00000144. The summed E-state index contributed by atoms with van der Waals surface area (Å²) in [6, 6.07) is 14.0. The van der Waals surface area contributed by atoms with Crippen molar-refractivity contribution in [2.75, 3.05) is 0 Å². The molecule has 1 heterocycles. The van der Waals surface area contributed by atoms with Gasteiger partial charge in [0.2, 0.25) is 0 Å². The van der Waals surface area contributed by atoms with Crippen LogP contribution in [0.1, 0.15) is 16.0 Å². The van der Waals surface area contributed by atoms with Gasteiger partial charge in [0.1, 0.15) is 0 Å². The lowest BCUT2D eigenvalue weighted by molar-refractivity contribution is 0.700. The highest BCUT2D eigenvalue weighted by Gasteiger charge is 2.00. The summed E-state index contributed by atoms with van der Waals surface area (Å²) in [6.45, 7) is 1.60. The Hall–Kier alpha value is -1.34. The fraction of sp³-hybridized carbons (Fsp3) is 0.154. The van der Waals surface area contributed by atoms with Crippen LogP contribution in [0.4, 0.5) is 0 Å². The molecular weight excluding hydrogens is 252 g/mol. The fourth-order valence-corrected chi connectivity index (χ4v) is 2.19. The summed E-state index contributed by atoms with van der Waals surface area (Å²) in [6.07, 6.45) is 0. The molecule has 0 saturated carbocycles. The van der Waals surface area contributed by atoms with Gasteiger partial charge in [0.15, 0.2) is 0 Å². The molecule has 17 heavy (non-hydrogen) atoms. The van der Waals surface area contributed by atoms with E-state index in [0.29, 0.717) is 0 Å². The van der Waals surface area contributed by atoms with E-state index in [-0.39, 0.29) is 12.4 Å². The van der Waals surface area contributed by atoms with Gasteiger partial charge in [-0.15, -0.1) is 23.7 Å². The summed E-state index contributed by atoms with van der Waals surface area (Å²) in [7, 11) is 0. The molecular formula is C13H13ClN2S. The Bertz CT molecular complexity index is 488. The van der Waals surface area contributed by atoms with Gasteiger partial charge in [-0.2, -0.15) is 5.26 Å². The van der Waals surface area contributed by atoms with Crippen molar-refractivity contribution >= 4 is 23.7 Å². The molecule has 0 saturated heterocycles. The minimum absolute atomic E-state index is 0. The first-order valence-electron chi connectivity index (χ1n) is 5.11. The lowest BCUT2D eigenvalue weighted by atomic mass is 10.1. The van der Waals surface area contributed by atoms with Crippen LogP contribution in [0.5, 0.6) is 0 Å². The lowest BCUT2D eigenvalue weighted by Gasteiger charge is -2.04. The SMILES string of the molecule is Cl.N#Cc1ccccc1CNCc1cccs1. The minimum Gasteiger partial charge on any atom is -0.308 e. The highest BCUT2D eigenvalue weighted by molar-refractivity contribution is 7.09. The smallest absolute Gasteiger partial charge is 0.0995 e. The number of nitrogens with one attached hydrogen (secondary N) is 1. The predicted molar refractivity (Wildman–Crippen MR) is 73.3 cm³/mol. The number of rotatable bonds is 4. The first-order valence-corrected chi connectivity index (χ1v) is 5.99. The third-order valence-corrected chi connectivity index (χ3v) is 3.21. The molecule has 2 rings (SSSR count). The van der Waals surface area contributed by atoms with Crippen molar-refractivity contribution in [3.8, 4) is 6.07 Å². The number of hydrogen-bond donors (Lipinski definition) is 1. The standard InChI is InChI=1S/C13H12N2S.ClH/c14-8-11-4-1-2-5-12(11)9-15-10-13-6-3-7-16-13;/h1-7,15H,9-10H2;1H. The van der Waals surface area contributed by atoms with E-state index in [2.05, 4.69) is 22.8 Å².